The summed E-state index contributed by atoms with van der Waals surface area (Å²) < 4.78 is 18.2. The minimum absolute atomic E-state index is 0.311. The molecule has 0 radical (unpaired) electrons. The second-order valence-corrected chi connectivity index (χ2v) is 5.43. The number of halogens is 1. The van der Waals surface area contributed by atoms with Gasteiger partial charge in [-0.15, -0.1) is 0 Å². The first-order valence-corrected chi connectivity index (χ1v) is 7.77. The van der Waals surface area contributed by atoms with Gasteiger partial charge in [-0.3, -0.25) is 4.79 Å². The zero-order valence-electron chi connectivity index (χ0n) is 13.5. The van der Waals surface area contributed by atoms with E-state index >= 15 is 0 Å². The monoisotopic (exact) mass is 341 g/mol. The normalized spacial score (nSPS) is 11.9. The van der Waals surface area contributed by atoms with Crippen LogP contribution in [0.3, 0.4) is 0 Å². The lowest BCUT2D eigenvalue weighted by Crippen LogP contribution is -2.32. The number of aromatic nitrogens is 2. The van der Waals surface area contributed by atoms with Gasteiger partial charge in [0.1, 0.15) is 5.82 Å². The number of rotatable bonds is 5. The summed E-state index contributed by atoms with van der Waals surface area (Å²) in [6, 6.07) is 10.3. The summed E-state index contributed by atoms with van der Waals surface area (Å²) in [4.78, 5) is 31.6. The molecule has 128 valence electrons. The van der Waals surface area contributed by atoms with Crippen LogP contribution >= 0.6 is 0 Å². The smallest absolute Gasteiger partial charge is 0.338 e. The molecule has 3 aromatic rings. The van der Waals surface area contributed by atoms with Gasteiger partial charge in [-0.05, 0) is 48.9 Å². The zero-order chi connectivity index (χ0) is 17.8. The number of anilines is 1. The fourth-order valence-corrected chi connectivity index (χ4v) is 2.34. The molecule has 6 nitrogen and oxygen atoms in total. The Morgan fingerprint density at radius 2 is 2.00 bits per heavy atom. The van der Waals surface area contributed by atoms with E-state index in [2.05, 4.69) is 15.3 Å². The standard InChI is InChI=1S/C18H16FN3O3/c1-2-16(17(23)22-13-6-4-12(19)5-7-13)25-18(24)11-3-8-14-15(9-11)21-10-20-14/h3-10,16H,2H2,1H3,(H,20,21)(H,22,23). The number of amides is 1. The summed E-state index contributed by atoms with van der Waals surface area (Å²) in [7, 11) is 0. The molecule has 1 aromatic heterocycles. The van der Waals surface area contributed by atoms with Crippen LogP contribution in [0.4, 0.5) is 10.1 Å². The highest BCUT2D eigenvalue weighted by atomic mass is 19.1. The van der Waals surface area contributed by atoms with E-state index in [1.807, 2.05) is 0 Å². The molecule has 0 aliphatic carbocycles. The molecular weight excluding hydrogens is 325 g/mol. The van der Waals surface area contributed by atoms with E-state index in [1.54, 1.807) is 25.1 Å². The molecule has 0 saturated heterocycles. The number of carbonyl (C=O) groups is 2. The quantitative estimate of drug-likeness (QED) is 0.698. The number of esters is 1. The number of H-pyrrole nitrogens is 1. The molecule has 1 heterocycles. The minimum atomic E-state index is -0.949. The highest BCUT2D eigenvalue weighted by molar-refractivity contribution is 5.98. The van der Waals surface area contributed by atoms with Crippen LogP contribution in [0.1, 0.15) is 23.7 Å². The molecule has 0 aliphatic heterocycles. The van der Waals surface area contributed by atoms with Gasteiger partial charge in [0.05, 0.1) is 22.9 Å². The minimum Gasteiger partial charge on any atom is -0.449 e. The number of benzene rings is 2. The fourth-order valence-electron chi connectivity index (χ4n) is 2.34. The molecule has 0 bridgehead atoms. The number of imidazole rings is 1. The van der Waals surface area contributed by atoms with Gasteiger partial charge in [0.15, 0.2) is 6.10 Å². The average molecular weight is 341 g/mol. The summed E-state index contributed by atoms with van der Waals surface area (Å²) in [6.45, 7) is 1.74. The lowest BCUT2D eigenvalue weighted by atomic mass is 10.2. The molecule has 1 amide bonds. The number of carbonyl (C=O) groups excluding carboxylic acids is 2. The molecule has 2 aromatic carbocycles. The third-order valence-electron chi connectivity index (χ3n) is 3.68. The highest BCUT2D eigenvalue weighted by Crippen LogP contribution is 2.15. The molecular formula is C18H16FN3O3. The van der Waals surface area contributed by atoms with E-state index in [0.717, 1.165) is 5.52 Å². The van der Waals surface area contributed by atoms with E-state index in [-0.39, 0.29) is 0 Å². The number of hydrogen-bond acceptors (Lipinski definition) is 4. The Balaban J connectivity index is 1.68. The summed E-state index contributed by atoms with van der Waals surface area (Å²) in [5.74, 6) is -1.46. The number of hydrogen-bond donors (Lipinski definition) is 2. The predicted octanol–water partition coefficient (Wildman–Crippen LogP) is 3.28. The van der Waals surface area contributed by atoms with Crippen LogP contribution < -0.4 is 5.32 Å². The first-order chi connectivity index (χ1) is 12.1. The molecule has 0 saturated carbocycles. The van der Waals surface area contributed by atoms with Crippen LogP contribution in [0.25, 0.3) is 11.0 Å². The van der Waals surface area contributed by atoms with Crippen LogP contribution in [0.2, 0.25) is 0 Å². The van der Waals surface area contributed by atoms with Gasteiger partial charge in [0, 0.05) is 5.69 Å². The maximum atomic E-state index is 12.9. The first-order valence-electron chi connectivity index (χ1n) is 7.77. The Morgan fingerprint density at radius 1 is 1.24 bits per heavy atom. The molecule has 1 unspecified atom stereocenters. The fraction of sp³-hybridized carbons (Fsp3) is 0.167. The second-order valence-electron chi connectivity index (χ2n) is 5.43. The SMILES string of the molecule is CCC(OC(=O)c1ccc2nc[nH]c2c1)C(=O)Nc1ccc(F)cc1. The van der Waals surface area contributed by atoms with Gasteiger partial charge in [-0.1, -0.05) is 6.92 Å². The molecule has 25 heavy (non-hydrogen) atoms. The molecule has 1 atom stereocenters. The molecule has 2 N–H and O–H groups in total. The Bertz CT molecular complexity index is 905. The van der Waals surface area contributed by atoms with Crippen molar-refractivity contribution in [1.82, 2.24) is 9.97 Å². The maximum Gasteiger partial charge on any atom is 0.338 e. The Morgan fingerprint density at radius 3 is 2.72 bits per heavy atom. The third kappa shape index (κ3) is 3.82. The van der Waals surface area contributed by atoms with Crippen molar-refractivity contribution in [1.29, 1.82) is 0 Å². The number of fused-ring (bicyclic) bond motifs is 1. The Hall–Kier alpha value is -3.22. The summed E-state index contributed by atoms with van der Waals surface area (Å²) in [5.41, 5.74) is 2.19. The van der Waals surface area contributed by atoms with Gasteiger partial charge in [0.25, 0.3) is 5.91 Å². The lowest BCUT2D eigenvalue weighted by Gasteiger charge is -2.16. The Kier molecular flexibility index (Phi) is 4.74. The van der Waals surface area contributed by atoms with Crippen molar-refractivity contribution in [2.24, 2.45) is 0 Å². The summed E-state index contributed by atoms with van der Waals surface area (Å²) in [5, 5.41) is 2.60. The number of nitrogens with zero attached hydrogens (tertiary/aromatic N) is 1. The lowest BCUT2D eigenvalue weighted by molar-refractivity contribution is -0.124. The molecule has 3 rings (SSSR count). The summed E-state index contributed by atoms with van der Waals surface area (Å²) >= 11 is 0. The van der Waals surface area contributed by atoms with Gasteiger partial charge >= 0.3 is 5.97 Å². The van der Waals surface area contributed by atoms with Crippen molar-refractivity contribution in [3.63, 3.8) is 0 Å². The van der Waals surface area contributed by atoms with E-state index in [9.17, 15) is 14.0 Å². The van der Waals surface area contributed by atoms with Crippen molar-refractivity contribution >= 4 is 28.6 Å². The number of nitrogens with one attached hydrogen (secondary N) is 2. The van der Waals surface area contributed by atoms with E-state index in [1.165, 1.54) is 30.6 Å². The van der Waals surface area contributed by atoms with E-state index in [4.69, 9.17) is 4.74 Å². The first kappa shape index (κ1) is 16.6. The number of aromatic amines is 1. The van der Waals surface area contributed by atoms with Crippen LogP contribution in [0.5, 0.6) is 0 Å². The average Bonchev–Trinajstić information content (AvgIpc) is 3.09. The van der Waals surface area contributed by atoms with Gasteiger partial charge < -0.3 is 15.0 Å². The number of ether oxygens (including phenoxy) is 1. The van der Waals surface area contributed by atoms with Gasteiger partial charge in [-0.2, -0.15) is 0 Å². The summed E-state index contributed by atoms with van der Waals surface area (Å²) in [6.07, 6.45) is 0.894. The highest BCUT2D eigenvalue weighted by Gasteiger charge is 2.22. The maximum absolute atomic E-state index is 12.9. The van der Waals surface area contributed by atoms with Crippen LogP contribution in [-0.2, 0) is 9.53 Å². The molecule has 0 spiro atoms. The van der Waals surface area contributed by atoms with Crippen molar-refractivity contribution in [3.05, 3.63) is 60.2 Å². The van der Waals surface area contributed by atoms with Crippen molar-refractivity contribution in [2.45, 2.75) is 19.4 Å². The van der Waals surface area contributed by atoms with Crippen LogP contribution in [0.15, 0.2) is 48.8 Å². The van der Waals surface area contributed by atoms with Crippen molar-refractivity contribution < 1.29 is 18.7 Å². The van der Waals surface area contributed by atoms with Gasteiger partial charge in [0.2, 0.25) is 0 Å². The van der Waals surface area contributed by atoms with Crippen molar-refractivity contribution in [2.75, 3.05) is 5.32 Å². The van der Waals surface area contributed by atoms with Crippen LogP contribution in [-0.4, -0.2) is 27.9 Å². The van der Waals surface area contributed by atoms with Gasteiger partial charge in [-0.25, -0.2) is 14.2 Å². The second kappa shape index (κ2) is 7.12. The molecule has 7 heteroatoms. The topological polar surface area (TPSA) is 84.1 Å². The molecule has 0 aliphatic rings. The van der Waals surface area contributed by atoms with Crippen LogP contribution in [0, 0.1) is 5.82 Å². The predicted molar refractivity (Wildman–Crippen MR) is 90.6 cm³/mol. The Labute approximate surface area is 143 Å². The van der Waals surface area contributed by atoms with E-state index in [0.29, 0.717) is 23.2 Å². The van der Waals surface area contributed by atoms with E-state index < -0.39 is 23.8 Å². The van der Waals surface area contributed by atoms with Crippen molar-refractivity contribution in [3.8, 4) is 0 Å². The third-order valence-corrected chi connectivity index (χ3v) is 3.68. The molecule has 0 fully saturated rings. The largest absolute Gasteiger partial charge is 0.449 e. The zero-order valence-corrected chi connectivity index (χ0v) is 13.5.